The third kappa shape index (κ3) is 3.63. The molecule has 7 nitrogen and oxygen atoms in total. The highest BCUT2D eigenvalue weighted by Gasteiger charge is 2.13. The minimum atomic E-state index is -0.145. The van der Waals surface area contributed by atoms with Crippen LogP contribution in [0.1, 0.15) is 40.0 Å². The number of rotatable bonds is 5. The van der Waals surface area contributed by atoms with Crippen molar-refractivity contribution in [2.24, 2.45) is 0 Å². The maximum atomic E-state index is 12.2. The zero-order chi connectivity index (χ0) is 18.1. The SMILES string of the molecule is Cc1nc(CNC(=O)CCc2nc3sc(C)c(C)c3c(=O)[nH]2)oc1C. The van der Waals surface area contributed by atoms with Gasteiger partial charge in [-0.05, 0) is 33.3 Å². The molecule has 0 aliphatic rings. The number of hydrogen-bond donors (Lipinski definition) is 2. The van der Waals surface area contributed by atoms with Crippen LogP contribution in [0.25, 0.3) is 10.2 Å². The third-order valence-corrected chi connectivity index (χ3v) is 5.29. The van der Waals surface area contributed by atoms with Gasteiger partial charge in [0.15, 0.2) is 0 Å². The smallest absolute Gasteiger partial charge is 0.259 e. The van der Waals surface area contributed by atoms with E-state index in [4.69, 9.17) is 4.42 Å². The average Bonchev–Trinajstić information content (AvgIpc) is 3.03. The number of carbonyl (C=O) groups is 1. The Bertz CT molecular complexity index is 980. The zero-order valence-corrected chi connectivity index (χ0v) is 15.5. The van der Waals surface area contributed by atoms with Gasteiger partial charge in [-0.2, -0.15) is 0 Å². The van der Waals surface area contributed by atoms with Crippen molar-refractivity contribution in [1.29, 1.82) is 0 Å². The van der Waals surface area contributed by atoms with E-state index in [0.29, 0.717) is 23.5 Å². The Morgan fingerprint density at radius 2 is 2.00 bits per heavy atom. The van der Waals surface area contributed by atoms with Gasteiger partial charge in [0, 0.05) is 17.7 Å². The molecule has 0 saturated heterocycles. The molecule has 0 aliphatic carbocycles. The zero-order valence-electron chi connectivity index (χ0n) is 14.6. The molecule has 0 radical (unpaired) electrons. The molecule has 0 aromatic carbocycles. The van der Waals surface area contributed by atoms with Gasteiger partial charge in [-0.25, -0.2) is 9.97 Å². The number of carbonyl (C=O) groups excluding carboxylic acids is 1. The fourth-order valence-electron chi connectivity index (χ4n) is 2.53. The van der Waals surface area contributed by atoms with Gasteiger partial charge in [0.25, 0.3) is 5.56 Å². The van der Waals surface area contributed by atoms with Crippen LogP contribution in [-0.2, 0) is 17.8 Å². The summed E-state index contributed by atoms with van der Waals surface area (Å²) in [6.07, 6.45) is 0.604. The summed E-state index contributed by atoms with van der Waals surface area (Å²) in [5.41, 5.74) is 1.64. The largest absolute Gasteiger partial charge is 0.444 e. The molecule has 132 valence electrons. The molecule has 2 N–H and O–H groups in total. The number of aromatic amines is 1. The molecule has 0 fully saturated rings. The van der Waals surface area contributed by atoms with E-state index in [1.165, 1.54) is 11.3 Å². The molecule has 0 bridgehead atoms. The fraction of sp³-hybridized carbons (Fsp3) is 0.412. The number of amides is 1. The molecule has 8 heteroatoms. The van der Waals surface area contributed by atoms with Gasteiger partial charge < -0.3 is 14.7 Å². The third-order valence-electron chi connectivity index (χ3n) is 4.19. The second-order valence-electron chi connectivity index (χ2n) is 6.00. The van der Waals surface area contributed by atoms with Gasteiger partial charge in [0.05, 0.1) is 17.6 Å². The van der Waals surface area contributed by atoms with Crippen molar-refractivity contribution in [3.63, 3.8) is 0 Å². The molecular formula is C17H20N4O3S. The summed E-state index contributed by atoms with van der Waals surface area (Å²) in [4.78, 5) is 37.5. The number of oxazole rings is 1. The standard InChI is InChI=1S/C17H20N4O3S/c1-8-11(4)25-17-15(8)16(23)20-12(21-17)5-6-13(22)18-7-14-19-9(2)10(3)24-14/h5-7H2,1-4H3,(H,18,22)(H,20,21,23). The highest BCUT2D eigenvalue weighted by molar-refractivity contribution is 7.18. The molecule has 3 heterocycles. The van der Waals surface area contributed by atoms with Gasteiger partial charge in [0.2, 0.25) is 11.8 Å². The van der Waals surface area contributed by atoms with E-state index in [1.807, 2.05) is 27.7 Å². The van der Waals surface area contributed by atoms with E-state index in [9.17, 15) is 9.59 Å². The Morgan fingerprint density at radius 1 is 1.24 bits per heavy atom. The monoisotopic (exact) mass is 360 g/mol. The summed E-state index contributed by atoms with van der Waals surface area (Å²) < 4.78 is 5.42. The van der Waals surface area contributed by atoms with Crippen molar-refractivity contribution >= 4 is 27.5 Å². The first-order valence-corrected chi connectivity index (χ1v) is 8.85. The first-order chi connectivity index (χ1) is 11.8. The number of nitrogens with zero attached hydrogens (tertiary/aromatic N) is 2. The number of fused-ring (bicyclic) bond motifs is 1. The number of nitrogens with one attached hydrogen (secondary N) is 2. The topological polar surface area (TPSA) is 101 Å². The van der Waals surface area contributed by atoms with E-state index in [0.717, 1.165) is 26.7 Å². The maximum absolute atomic E-state index is 12.2. The Balaban J connectivity index is 1.62. The predicted octanol–water partition coefficient (Wildman–Crippen LogP) is 2.46. The lowest BCUT2D eigenvalue weighted by atomic mass is 10.2. The van der Waals surface area contributed by atoms with Crippen LogP contribution in [0.4, 0.5) is 0 Å². The lowest BCUT2D eigenvalue weighted by Crippen LogP contribution is -2.24. The second kappa shape index (κ2) is 6.79. The average molecular weight is 360 g/mol. The quantitative estimate of drug-likeness (QED) is 0.728. The Labute approximate surface area is 148 Å². The van der Waals surface area contributed by atoms with Crippen molar-refractivity contribution in [2.45, 2.75) is 47.1 Å². The molecule has 0 aliphatic heterocycles. The van der Waals surface area contributed by atoms with Crippen molar-refractivity contribution in [2.75, 3.05) is 0 Å². The van der Waals surface area contributed by atoms with Gasteiger partial charge in [0.1, 0.15) is 16.4 Å². The summed E-state index contributed by atoms with van der Waals surface area (Å²) in [7, 11) is 0. The van der Waals surface area contributed by atoms with Gasteiger partial charge in [-0.1, -0.05) is 0 Å². The summed E-state index contributed by atoms with van der Waals surface area (Å²) in [6.45, 7) is 7.83. The fourth-order valence-corrected chi connectivity index (χ4v) is 3.58. The number of aromatic nitrogens is 3. The van der Waals surface area contributed by atoms with Gasteiger partial charge in [-0.15, -0.1) is 11.3 Å². The van der Waals surface area contributed by atoms with Crippen LogP contribution in [0.5, 0.6) is 0 Å². The molecular weight excluding hydrogens is 340 g/mol. The van der Waals surface area contributed by atoms with Gasteiger partial charge >= 0.3 is 0 Å². The minimum Gasteiger partial charge on any atom is -0.444 e. The van der Waals surface area contributed by atoms with Crippen LogP contribution in [0.3, 0.4) is 0 Å². The van der Waals surface area contributed by atoms with Crippen LogP contribution in [0, 0.1) is 27.7 Å². The number of aryl methyl sites for hydroxylation is 5. The summed E-state index contributed by atoms with van der Waals surface area (Å²) in [5, 5.41) is 3.41. The molecule has 3 rings (SSSR count). The van der Waals surface area contributed by atoms with E-state index >= 15 is 0 Å². The second-order valence-corrected chi connectivity index (χ2v) is 7.21. The van der Waals surface area contributed by atoms with Crippen molar-refractivity contribution in [3.8, 4) is 0 Å². The van der Waals surface area contributed by atoms with E-state index < -0.39 is 0 Å². The van der Waals surface area contributed by atoms with Crippen LogP contribution >= 0.6 is 11.3 Å². The highest BCUT2D eigenvalue weighted by atomic mass is 32.1. The lowest BCUT2D eigenvalue weighted by Gasteiger charge is -2.03. The van der Waals surface area contributed by atoms with Crippen LogP contribution in [0.15, 0.2) is 9.21 Å². The van der Waals surface area contributed by atoms with E-state index in [-0.39, 0.29) is 24.4 Å². The van der Waals surface area contributed by atoms with Crippen molar-refractivity contribution in [3.05, 3.63) is 44.0 Å². The molecule has 0 saturated carbocycles. The minimum absolute atomic E-state index is 0.144. The maximum Gasteiger partial charge on any atom is 0.259 e. The van der Waals surface area contributed by atoms with E-state index in [2.05, 4.69) is 20.3 Å². The summed E-state index contributed by atoms with van der Waals surface area (Å²) >= 11 is 1.50. The van der Waals surface area contributed by atoms with Crippen molar-refractivity contribution in [1.82, 2.24) is 20.3 Å². The van der Waals surface area contributed by atoms with Gasteiger partial charge in [-0.3, -0.25) is 9.59 Å². The Morgan fingerprint density at radius 3 is 2.68 bits per heavy atom. The molecule has 3 aromatic rings. The van der Waals surface area contributed by atoms with Crippen molar-refractivity contribution < 1.29 is 9.21 Å². The molecule has 0 unspecified atom stereocenters. The van der Waals surface area contributed by atoms with Crippen LogP contribution < -0.4 is 10.9 Å². The lowest BCUT2D eigenvalue weighted by molar-refractivity contribution is -0.121. The number of H-pyrrole nitrogens is 1. The number of thiophene rings is 1. The first kappa shape index (κ1) is 17.3. The summed E-state index contributed by atoms with van der Waals surface area (Å²) in [5.74, 6) is 1.62. The molecule has 0 atom stereocenters. The van der Waals surface area contributed by atoms with E-state index in [1.54, 1.807) is 0 Å². The molecule has 3 aromatic heterocycles. The summed E-state index contributed by atoms with van der Waals surface area (Å²) in [6, 6.07) is 0. The molecule has 25 heavy (non-hydrogen) atoms. The molecule has 1 amide bonds. The highest BCUT2D eigenvalue weighted by Crippen LogP contribution is 2.25. The normalized spacial score (nSPS) is 11.2. The predicted molar refractivity (Wildman–Crippen MR) is 95.9 cm³/mol. The Kier molecular flexibility index (Phi) is 4.71. The van der Waals surface area contributed by atoms with Crippen LogP contribution in [0.2, 0.25) is 0 Å². The Hall–Kier alpha value is -2.48. The van der Waals surface area contributed by atoms with Crippen LogP contribution in [-0.4, -0.2) is 20.9 Å². The first-order valence-electron chi connectivity index (χ1n) is 8.03. The molecule has 0 spiro atoms. The number of hydrogen-bond acceptors (Lipinski definition) is 6.